The Morgan fingerprint density at radius 2 is 1.74 bits per heavy atom. The van der Waals surface area contributed by atoms with Crippen LogP contribution in [0.25, 0.3) is 0 Å². The molecule has 182 valence electrons. The molecule has 6 nitrogen and oxygen atoms in total. The summed E-state index contributed by atoms with van der Waals surface area (Å²) in [6.45, 7) is 1.12. The van der Waals surface area contributed by atoms with Gasteiger partial charge in [-0.2, -0.15) is 13.2 Å². The molecule has 1 N–H and O–H groups in total. The van der Waals surface area contributed by atoms with E-state index in [-0.39, 0.29) is 16.9 Å². The second-order valence-electron chi connectivity index (χ2n) is 7.32. The first kappa shape index (κ1) is 26.1. The Kier molecular flexibility index (Phi) is 8.08. The number of hydrogen-bond acceptors (Lipinski definition) is 5. The fourth-order valence-electron chi connectivity index (χ4n) is 3.31. The molecular weight excluding hydrogens is 505 g/mol. The van der Waals surface area contributed by atoms with Crippen molar-refractivity contribution in [3.63, 3.8) is 0 Å². The normalized spacial score (nSPS) is 12.0. The van der Waals surface area contributed by atoms with Crippen LogP contribution in [-0.2, 0) is 20.6 Å². The van der Waals surface area contributed by atoms with E-state index in [0.29, 0.717) is 4.88 Å². The predicted octanol–water partition coefficient (Wildman–Crippen LogP) is 5.49. The predicted molar refractivity (Wildman–Crippen MR) is 127 cm³/mol. The molecule has 0 saturated heterocycles. The molecule has 35 heavy (non-hydrogen) atoms. The highest BCUT2D eigenvalue weighted by molar-refractivity contribution is 7.10. The van der Waals surface area contributed by atoms with E-state index in [1.54, 1.807) is 17.5 Å². The Balaban J connectivity index is 2.05. The fraction of sp³-hybridized carbons (Fsp3) is 0.167. The topological polar surface area (TPSA) is 83.6 Å². The molecule has 0 fully saturated rings. The summed E-state index contributed by atoms with van der Waals surface area (Å²) in [7, 11) is 0. The van der Waals surface area contributed by atoms with Gasteiger partial charge in [0, 0.05) is 28.7 Å². The number of Topliss-reactive ketones (excluding diaryl/α,β-unsaturated/α-hetero) is 2. The number of carbonyl (C=O) groups excluding carboxylic acids is 4. The lowest BCUT2D eigenvalue weighted by molar-refractivity contribution is -0.137. The van der Waals surface area contributed by atoms with Crippen LogP contribution in [0.2, 0.25) is 0 Å². The molecule has 2 aromatic carbocycles. The number of ketones is 2. The van der Waals surface area contributed by atoms with Crippen molar-refractivity contribution in [3.8, 4) is 0 Å². The maximum atomic E-state index is 13.4. The minimum atomic E-state index is -4.67. The largest absolute Gasteiger partial charge is 0.416 e. The summed E-state index contributed by atoms with van der Waals surface area (Å²) in [6, 6.07) is 11.5. The second-order valence-corrected chi connectivity index (χ2v) is 8.57. The zero-order valence-corrected chi connectivity index (χ0v) is 19.7. The molecule has 0 radical (unpaired) electrons. The lowest BCUT2D eigenvalue weighted by atomic mass is 10.1. The highest BCUT2D eigenvalue weighted by Crippen LogP contribution is 2.36. The Morgan fingerprint density at radius 3 is 2.34 bits per heavy atom. The Morgan fingerprint density at radius 1 is 1.03 bits per heavy atom. The van der Waals surface area contributed by atoms with Crippen LogP contribution in [0, 0.1) is 0 Å². The number of nitrogens with one attached hydrogen (secondary N) is 1. The molecule has 11 heteroatoms. The monoisotopic (exact) mass is 522 g/mol. The molecule has 1 unspecified atom stereocenters. The van der Waals surface area contributed by atoms with Crippen molar-refractivity contribution in [1.29, 1.82) is 0 Å². The SMILES string of the molecule is CC(=O)C(=O)c1cccc(NC(=O)C(c2cccs2)N(C(=O)CCl)c2cccc(C(F)(F)F)c2)c1. The van der Waals surface area contributed by atoms with Crippen molar-refractivity contribution in [2.24, 2.45) is 0 Å². The van der Waals surface area contributed by atoms with Crippen LogP contribution in [-0.4, -0.2) is 29.3 Å². The van der Waals surface area contributed by atoms with Gasteiger partial charge in [0.05, 0.1) is 5.56 Å². The Hall–Kier alpha value is -3.50. The van der Waals surface area contributed by atoms with Crippen LogP contribution >= 0.6 is 22.9 Å². The molecule has 1 atom stereocenters. The quantitative estimate of drug-likeness (QED) is 0.241. The van der Waals surface area contributed by atoms with E-state index in [9.17, 15) is 32.3 Å². The summed E-state index contributed by atoms with van der Waals surface area (Å²) >= 11 is 6.89. The fourth-order valence-corrected chi connectivity index (χ4v) is 4.25. The van der Waals surface area contributed by atoms with Gasteiger partial charge in [0.1, 0.15) is 5.88 Å². The van der Waals surface area contributed by atoms with Crippen LogP contribution in [0.4, 0.5) is 24.5 Å². The van der Waals surface area contributed by atoms with Crippen LogP contribution in [0.1, 0.15) is 33.8 Å². The molecule has 2 amide bonds. The molecule has 0 aliphatic heterocycles. The smallest absolute Gasteiger partial charge is 0.324 e. The number of carbonyl (C=O) groups is 4. The number of hydrogen-bond donors (Lipinski definition) is 1. The average molecular weight is 523 g/mol. The third kappa shape index (κ3) is 6.14. The minimum absolute atomic E-state index is 0.0505. The standard InChI is InChI=1S/C24H18ClF3N2O4S/c1-14(31)22(33)15-5-2-7-17(11-15)29-23(34)21(19-9-4-10-35-19)30(20(32)13-25)18-8-3-6-16(12-18)24(26,27)28/h2-12,21H,13H2,1H3,(H,29,34). The third-order valence-corrected chi connectivity index (χ3v) is 6.02. The number of amides is 2. The van der Waals surface area contributed by atoms with Crippen molar-refractivity contribution in [1.82, 2.24) is 0 Å². The van der Waals surface area contributed by atoms with E-state index in [2.05, 4.69) is 5.32 Å². The number of alkyl halides is 4. The lowest BCUT2D eigenvalue weighted by Gasteiger charge is -2.30. The summed E-state index contributed by atoms with van der Waals surface area (Å²) < 4.78 is 40.0. The van der Waals surface area contributed by atoms with E-state index in [1.165, 1.54) is 30.3 Å². The minimum Gasteiger partial charge on any atom is -0.324 e. The Bertz CT molecular complexity index is 1260. The molecule has 1 aromatic heterocycles. The first-order valence-electron chi connectivity index (χ1n) is 10.1. The van der Waals surface area contributed by atoms with Crippen molar-refractivity contribution in [2.75, 3.05) is 16.1 Å². The lowest BCUT2D eigenvalue weighted by Crippen LogP contribution is -2.42. The van der Waals surface area contributed by atoms with Gasteiger partial charge < -0.3 is 5.32 Å². The Labute approximate surface area is 207 Å². The summed E-state index contributed by atoms with van der Waals surface area (Å²) in [5, 5.41) is 4.23. The van der Waals surface area contributed by atoms with Gasteiger partial charge in [-0.1, -0.05) is 24.3 Å². The summed E-state index contributed by atoms with van der Waals surface area (Å²) in [5.74, 6) is -3.57. The molecule has 0 saturated carbocycles. The molecule has 0 spiro atoms. The molecule has 1 heterocycles. The number of rotatable bonds is 8. The highest BCUT2D eigenvalue weighted by atomic mass is 35.5. The maximum Gasteiger partial charge on any atom is 0.416 e. The first-order valence-corrected chi connectivity index (χ1v) is 11.5. The summed E-state index contributed by atoms with van der Waals surface area (Å²) in [4.78, 5) is 51.0. The van der Waals surface area contributed by atoms with Crippen LogP contribution in [0.15, 0.2) is 66.0 Å². The van der Waals surface area contributed by atoms with Gasteiger partial charge in [-0.3, -0.25) is 24.1 Å². The van der Waals surface area contributed by atoms with Gasteiger partial charge in [-0.25, -0.2) is 0 Å². The number of halogens is 4. The molecule has 3 aromatic rings. The van der Waals surface area contributed by atoms with E-state index in [0.717, 1.165) is 41.4 Å². The molecule has 0 aliphatic carbocycles. The van der Waals surface area contributed by atoms with Gasteiger partial charge in [0.25, 0.3) is 5.91 Å². The van der Waals surface area contributed by atoms with E-state index >= 15 is 0 Å². The number of thiophene rings is 1. The van der Waals surface area contributed by atoms with Crippen molar-refractivity contribution in [2.45, 2.75) is 19.1 Å². The highest BCUT2D eigenvalue weighted by Gasteiger charge is 2.36. The summed E-state index contributed by atoms with van der Waals surface area (Å²) in [6.07, 6.45) is -4.67. The van der Waals surface area contributed by atoms with Crippen molar-refractivity contribution in [3.05, 3.63) is 82.0 Å². The summed E-state index contributed by atoms with van der Waals surface area (Å²) in [5.41, 5.74) is -0.955. The van der Waals surface area contributed by atoms with Gasteiger partial charge in [-0.15, -0.1) is 22.9 Å². The number of benzene rings is 2. The van der Waals surface area contributed by atoms with E-state index in [4.69, 9.17) is 11.6 Å². The first-order chi connectivity index (χ1) is 16.5. The zero-order valence-electron chi connectivity index (χ0n) is 18.1. The molecular formula is C24H18ClF3N2O4S. The molecule has 0 aliphatic rings. The van der Waals surface area contributed by atoms with Gasteiger partial charge in [0.15, 0.2) is 11.8 Å². The molecule has 0 bridgehead atoms. The second kappa shape index (κ2) is 10.8. The molecule has 3 rings (SSSR count). The van der Waals surface area contributed by atoms with Crippen LogP contribution in [0.3, 0.4) is 0 Å². The van der Waals surface area contributed by atoms with E-state index in [1.807, 2.05) is 0 Å². The average Bonchev–Trinajstić information content (AvgIpc) is 3.35. The van der Waals surface area contributed by atoms with Gasteiger partial charge in [-0.05, 0) is 41.8 Å². The number of nitrogens with zero attached hydrogens (tertiary/aromatic N) is 1. The maximum absolute atomic E-state index is 13.4. The van der Waals surface area contributed by atoms with Crippen molar-refractivity contribution >= 4 is 57.7 Å². The zero-order chi connectivity index (χ0) is 25.8. The van der Waals surface area contributed by atoms with Crippen molar-refractivity contribution < 1.29 is 32.3 Å². The van der Waals surface area contributed by atoms with Crippen LogP contribution in [0.5, 0.6) is 0 Å². The van der Waals surface area contributed by atoms with E-state index < -0.39 is 47.0 Å². The van der Waals surface area contributed by atoms with Gasteiger partial charge in [0.2, 0.25) is 11.7 Å². The third-order valence-electron chi connectivity index (χ3n) is 4.87. The number of anilines is 2. The van der Waals surface area contributed by atoms with Crippen LogP contribution < -0.4 is 10.2 Å². The van der Waals surface area contributed by atoms with Gasteiger partial charge >= 0.3 is 6.18 Å².